The van der Waals surface area contributed by atoms with Crippen LogP contribution in [-0.2, 0) is 11.3 Å². The minimum Gasteiger partial charge on any atom is -0.380 e. The molecule has 0 N–H and O–H groups in total. The van der Waals surface area contributed by atoms with Crippen LogP contribution in [0.1, 0.15) is 20.3 Å². The van der Waals surface area contributed by atoms with Crippen molar-refractivity contribution in [2.75, 3.05) is 13.2 Å². The second-order valence-corrected chi connectivity index (χ2v) is 4.51. The molecule has 0 aliphatic heterocycles. The Bertz CT molecular complexity index is 303. The standard InChI is InChI=1S/C10H17NO2S/c1-9(2)3-6-13-7-4-11-5-8-14-10(11)12/h5,8-9H,3-4,6-7H2,1-2H3. The van der Waals surface area contributed by atoms with E-state index in [-0.39, 0.29) is 4.87 Å². The van der Waals surface area contributed by atoms with Crippen molar-refractivity contribution in [3.8, 4) is 0 Å². The van der Waals surface area contributed by atoms with E-state index in [0.717, 1.165) is 13.0 Å². The highest BCUT2D eigenvalue weighted by Crippen LogP contribution is 1.98. The van der Waals surface area contributed by atoms with Gasteiger partial charge in [0.15, 0.2) is 0 Å². The van der Waals surface area contributed by atoms with Gasteiger partial charge in [-0.3, -0.25) is 4.79 Å². The minimum absolute atomic E-state index is 0.0949. The quantitative estimate of drug-likeness (QED) is 0.679. The largest absolute Gasteiger partial charge is 0.380 e. The lowest BCUT2D eigenvalue weighted by atomic mass is 10.1. The predicted octanol–water partition coefficient (Wildman–Crippen LogP) is 1.97. The predicted molar refractivity (Wildman–Crippen MR) is 58.9 cm³/mol. The van der Waals surface area contributed by atoms with E-state index < -0.39 is 0 Å². The summed E-state index contributed by atoms with van der Waals surface area (Å²) in [6.45, 7) is 6.43. The van der Waals surface area contributed by atoms with Crippen molar-refractivity contribution in [2.45, 2.75) is 26.8 Å². The molecular formula is C10H17NO2S. The van der Waals surface area contributed by atoms with Gasteiger partial charge < -0.3 is 9.30 Å². The zero-order valence-corrected chi connectivity index (χ0v) is 9.55. The molecule has 0 saturated heterocycles. The van der Waals surface area contributed by atoms with Crippen LogP contribution in [0.25, 0.3) is 0 Å². The molecule has 0 bridgehead atoms. The molecule has 0 radical (unpaired) electrons. The molecule has 80 valence electrons. The van der Waals surface area contributed by atoms with E-state index in [2.05, 4.69) is 13.8 Å². The fourth-order valence-electron chi connectivity index (χ4n) is 1.04. The molecule has 0 aliphatic rings. The van der Waals surface area contributed by atoms with Crippen molar-refractivity contribution in [2.24, 2.45) is 5.92 Å². The van der Waals surface area contributed by atoms with Crippen LogP contribution in [0.2, 0.25) is 0 Å². The highest BCUT2D eigenvalue weighted by Gasteiger charge is 1.97. The van der Waals surface area contributed by atoms with E-state index >= 15 is 0 Å². The second kappa shape index (κ2) is 5.98. The molecule has 0 fully saturated rings. The SMILES string of the molecule is CC(C)CCOCCn1ccsc1=O. The maximum Gasteiger partial charge on any atom is 0.307 e. The average Bonchev–Trinajstić information content (AvgIpc) is 2.51. The number of aromatic nitrogens is 1. The number of rotatable bonds is 6. The summed E-state index contributed by atoms with van der Waals surface area (Å²) in [7, 11) is 0. The van der Waals surface area contributed by atoms with Gasteiger partial charge in [0, 0.05) is 24.7 Å². The molecule has 0 atom stereocenters. The summed E-state index contributed by atoms with van der Waals surface area (Å²) in [6, 6.07) is 0. The first-order valence-corrected chi connectivity index (χ1v) is 5.80. The number of thiazole rings is 1. The van der Waals surface area contributed by atoms with Gasteiger partial charge in [0.05, 0.1) is 6.61 Å². The Morgan fingerprint density at radius 3 is 2.86 bits per heavy atom. The molecular weight excluding hydrogens is 198 g/mol. The number of hydrogen-bond acceptors (Lipinski definition) is 3. The summed E-state index contributed by atoms with van der Waals surface area (Å²) < 4.78 is 7.10. The van der Waals surface area contributed by atoms with Crippen molar-refractivity contribution in [1.82, 2.24) is 4.57 Å². The lowest BCUT2D eigenvalue weighted by molar-refractivity contribution is 0.116. The number of ether oxygens (including phenoxy) is 1. The van der Waals surface area contributed by atoms with Crippen LogP contribution in [0.15, 0.2) is 16.4 Å². The smallest absolute Gasteiger partial charge is 0.307 e. The highest BCUT2D eigenvalue weighted by molar-refractivity contribution is 7.07. The molecule has 1 aromatic rings. The Morgan fingerprint density at radius 1 is 1.50 bits per heavy atom. The Labute approximate surface area is 88.3 Å². The van der Waals surface area contributed by atoms with E-state index in [9.17, 15) is 4.79 Å². The van der Waals surface area contributed by atoms with Crippen molar-refractivity contribution >= 4 is 11.3 Å². The Morgan fingerprint density at radius 2 is 2.29 bits per heavy atom. The molecule has 1 aromatic heterocycles. The van der Waals surface area contributed by atoms with E-state index in [1.54, 1.807) is 16.1 Å². The molecule has 1 heterocycles. The van der Waals surface area contributed by atoms with Crippen molar-refractivity contribution < 1.29 is 4.74 Å². The molecule has 0 aromatic carbocycles. The number of hydrogen-bond donors (Lipinski definition) is 0. The monoisotopic (exact) mass is 215 g/mol. The third-order valence-electron chi connectivity index (χ3n) is 1.96. The van der Waals surface area contributed by atoms with E-state index in [1.807, 2.05) is 0 Å². The maximum atomic E-state index is 11.1. The summed E-state index contributed by atoms with van der Waals surface area (Å²) in [6.07, 6.45) is 2.89. The Hall–Kier alpha value is -0.610. The maximum absolute atomic E-state index is 11.1. The van der Waals surface area contributed by atoms with Crippen LogP contribution in [0.4, 0.5) is 0 Å². The summed E-state index contributed by atoms with van der Waals surface area (Å²) in [5.41, 5.74) is 0. The zero-order chi connectivity index (χ0) is 10.4. The fraction of sp³-hybridized carbons (Fsp3) is 0.700. The van der Waals surface area contributed by atoms with E-state index in [0.29, 0.717) is 19.1 Å². The van der Waals surface area contributed by atoms with Crippen molar-refractivity contribution in [3.05, 3.63) is 21.2 Å². The summed E-state index contributed by atoms with van der Waals surface area (Å²) in [5, 5.41) is 1.80. The molecule has 0 aliphatic carbocycles. The van der Waals surface area contributed by atoms with Gasteiger partial charge >= 0.3 is 4.87 Å². The molecule has 0 amide bonds. The summed E-state index contributed by atoms with van der Waals surface area (Å²) >= 11 is 1.22. The first-order valence-electron chi connectivity index (χ1n) is 4.92. The first-order chi connectivity index (χ1) is 6.70. The van der Waals surface area contributed by atoms with Gasteiger partial charge in [-0.1, -0.05) is 25.2 Å². The van der Waals surface area contributed by atoms with Crippen LogP contribution in [-0.4, -0.2) is 17.8 Å². The molecule has 1 rings (SSSR count). The van der Waals surface area contributed by atoms with Gasteiger partial charge in [0.2, 0.25) is 0 Å². The average molecular weight is 215 g/mol. The molecule has 4 heteroatoms. The van der Waals surface area contributed by atoms with Gasteiger partial charge in [-0.15, -0.1) is 0 Å². The van der Waals surface area contributed by atoms with E-state index in [4.69, 9.17) is 4.74 Å². The molecule has 0 spiro atoms. The van der Waals surface area contributed by atoms with Gasteiger partial charge in [0.1, 0.15) is 0 Å². The zero-order valence-electron chi connectivity index (χ0n) is 8.73. The number of nitrogens with zero attached hydrogens (tertiary/aromatic N) is 1. The molecule has 0 saturated carbocycles. The minimum atomic E-state index is 0.0949. The van der Waals surface area contributed by atoms with Gasteiger partial charge in [-0.25, -0.2) is 0 Å². The Balaban J connectivity index is 2.11. The van der Waals surface area contributed by atoms with Gasteiger partial charge in [-0.2, -0.15) is 0 Å². The topological polar surface area (TPSA) is 31.2 Å². The third kappa shape index (κ3) is 4.07. The molecule has 0 unspecified atom stereocenters. The normalized spacial score (nSPS) is 11.1. The van der Waals surface area contributed by atoms with Crippen molar-refractivity contribution in [3.63, 3.8) is 0 Å². The first kappa shape index (κ1) is 11.5. The van der Waals surface area contributed by atoms with Crippen LogP contribution in [0, 0.1) is 5.92 Å². The molecule has 14 heavy (non-hydrogen) atoms. The summed E-state index contributed by atoms with van der Waals surface area (Å²) in [5.74, 6) is 0.680. The van der Waals surface area contributed by atoms with Gasteiger partial charge in [-0.05, 0) is 12.3 Å². The van der Waals surface area contributed by atoms with Crippen molar-refractivity contribution in [1.29, 1.82) is 0 Å². The van der Waals surface area contributed by atoms with Crippen LogP contribution >= 0.6 is 11.3 Å². The fourth-order valence-corrected chi connectivity index (χ4v) is 1.65. The van der Waals surface area contributed by atoms with Gasteiger partial charge in [0.25, 0.3) is 0 Å². The lowest BCUT2D eigenvalue weighted by Crippen LogP contribution is -2.16. The highest BCUT2D eigenvalue weighted by atomic mass is 32.1. The second-order valence-electron chi connectivity index (χ2n) is 3.66. The summed E-state index contributed by atoms with van der Waals surface area (Å²) in [4.78, 5) is 11.2. The van der Waals surface area contributed by atoms with Crippen LogP contribution in [0.3, 0.4) is 0 Å². The lowest BCUT2D eigenvalue weighted by Gasteiger charge is -2.06. The van der Waals surface area contributed by atoms with Crippen LogP contribution in [0.5, 0.6) is 0 Å². The third-order valence-corrected chi connectivity index (χ3v) is 2.65. The van der Waals surface area contributed by atoms with E-state index in [1.165, 1.54) is 11.3 Å². The molecule has 3 nitrogen and oxygen atoms in total. The van der Waals surface area contributed by atoms with Crippen LogP contribution < -0.4 is 4.87 Å². The Kier molecular flexibility index (Phi) is 4.90.